The van der Waals surface area contributed by atoms with E-state index in [9.17, 15) is 13.2 Å². The molecule has 2 rings (SSSR count). The van der Waals surface area contributed by atoms with Crippen molar-refractivity contribution in [3.05, 3.63) is 63.1 Å². The second kappa shape index (κ2) is 7.44. The van der Waals surface area contributed by atoms with Crippen molar-refractivity contribution in [1.82, 2.24) is 4.90 Å². The summed E-state index contributed by atoms with van der Waals surface area (Å²) in [5, 5.41) is 8.85. The van der Waals surface area contributed by atoms with Crippen molar-refractivity contribution in [3.8, 4) is 6.07 Å². The molecule has 0 aliphatic carbocycles. The fraction of sp³-hybridized carbons (Fsp3) is 0.176. The average molecular weight is 397 g/mol. The summed E-state index contributed by atoms with van der Waals surface area (Å²) >= 11 is 12.0. The van der Waals surface area contributed by atoms with Crippen molar-refractivity contribution in [2.24, 2.45) is 0 Å². The number of carbonyl (C=O) groups excluding carboxylic acids is 1. The van der Waals surface area contributed by atoms with E-state index in [1.165, 1.54) is 17.0 Å². The molecule has 5 nitrogen and oxygen atoms in total. The molecule has 0 saturated heterocycles. The van der Waals surface area contributed by atoms with Gasteiger partial charge < -0.3 is 4.90 Å². The van der Waals surface area contributed by atoms with Gasteiger partial charge in [-0.1, -0.05) is 35.3 Å². The summed E-state index contributed by atoms with van der Waals surface area (Å²) in [6.07, 6.45) is 1.01. The number of nitrogens with zero attached hydrogens (tertiary/aromatic N) is 2. The first kappa shape index (κ1) is 19.3. The van der Waals surface area contributed by atoms with E-state index in [4.69, 9.17) is 28.5 Å². The molecule has 0 aliphatic heterocycles. The lowest BCUT2D eigenvalue weighted by molar-refractivity contribution is 0.0785. The molecular weight excluding hydrogens is 383 g/mol. The SMILES string of the molecule is CN(Cc1ccc(C#N)cc1)C(=O)c1cc(S(C)(=O)=O)c(Cl)cc1Cl. The van der Waals surface area contributed by atoms with Gasteiger partial charge >= 0.3 is 0 Å². The highest BCUT2D eigenvalue weighted by Crippen LogP contribution is 2.29. The summed E-state index contributed by atoms with van der Waals surface area (Å²) < 4.78 is 23.6. The Morgan fingerprint density at radius 2 is 1.76 bits per heavy atom. The normalized spacial score (nSPS) is 11.0. The Labute approximate surface area is 156 Å². The molecular formula is C17H14Cl2N2O3S. The first-order valence-corrected chi connectivity index (χ1v) is 9.72. The molecule has 0 aliphatic rings. The number of amides is 1. The molecule has 0 aromatic heterocycles. The summed E-state index contributed by atoms with van der Waals surface area (Å²) in [7, 11) is -2.02. The molecule has 2 aromatic rings. The van der Waals surface area contributed by atoms with Crippen LogP contribution in [0.3, 0.4) is 0 Å². The van der Waals surface area contributed by atoms with Gasteiger partial charge in [-0.25, -0.2) is 8.42 Å². The first-order chi connectivity index (χ1) is 11.6. The van der Waals surface area contributed by atoms with Crippen LogP contribution in [-0.4, -0.2) is 32.5 Å². The summed E-state index contributed by atoms with van der Waals surface area (Å²) in [5.41, 5.74) is 1.40. The van der Waals surface area contributed by atoms with Crippen LogP contribution in [0, 0.1) is 11.3 Å². The lowest BCUT2D eigenvalue weighted by Gasteiger charge is -2.19. The third-order valence-electron chi connectivity index (χ3n) is 3.50. The number of hydrogen-bond acceptors (Lipinski definition) is 4. The number of halogens is 2. The Bertz CT molecular complexity index is 965. The van der Waals surface area contributed by atoms with Crippen LogP contribution < -0.4 is 0 Å². The maximum Gasteiger partial charge on any atom is 0.255 e. The number of hydrogen-bond donors (Lipinski definition) is 0. The van der Waals surface area contributed by atoms with Crippen LogP contribution in [-0.2, 0) is 16.4 Å². The van der Waals surface area contributed by atoms with Crippen LogP contribution in [0.2, 0.25) is 10.0 Å². The molecule has 0 atom stereocenters. The highest BCUT2D eigenvalue weighted by atomic mass is 35.5. The Balaban J connectivity index is 2.31. The minimum Gasteiger partial charge on any atom is -0.337 e. The topological polar surface area (TPSA) is 78.2 Å². The van der Waals surface area contributed by atoms with E-state index in [0.717, 1.165) is 11.8 Å². The van der Waals surface area contributed by atoms with Crippen LogP contribution in [0.15, 0.2) is 41.3 Å². The minimum atomic E-state index is -3.59. The van der Waals surface area contributed by atoms with Crippen molar-refractivity contribution in [3.63, 3.8) is 0 Å². The monoisotopic (exact) mass is 396 g/mol. The van der Waals surface area contributed by atoms with E-state index in [2.05, 4.69) is 0 Å². The smallest absolute Gasteiger partial charge is 0.255 e. The number of carbonyl (C=O) groups is 1. The highest BCUT2D eigenvalue weighted by molar-refractivity contribution is 7.90. The predicted octanol–water partition coefficient (Wildman–Crippen LogP) is 3.54. The van der Waals surface area contributed by atoms with Crippen molar-refractivity contribution in [2.75, 3.05) is 13.3 Å². The summed E-state index contributed by atoms with van der Waals surface area (Å²) in [5.74, 6) is -0.434. The minimum absolute atomic E-state index is 0.0289. The molecule has 2 aromatic carbocycles. The molecule has 8 heteroatoms. The van der Waals surface area contributed by atoms with Gasteiger partial charge in [-0.2, -0.15) is 5.26 Å². The third kappa shape index (κ3) is 4.51. The van der Waals surface area contributed by atoms with E-state index < -0.39 is 15.7 Å². The molecule has 25 heavy (non-hydrogen) atoms. The predicted molar refractivity (Wildman–Crippen MR) is 96.5 cm³/mol. The van der Waals surface area contributed by atoms with Crippen molar-refractivity contribution < 1.29 is 13.2 Å². The molecule has 0 bridgehead atoms. The summed E-state index contributed by atoms with van der Waals surface area (Å²) in [6, 6.07) is 11.3. The quantitative estimate of drug-likeness (QED) is 0.791. The van der Waals surface area contributed by atoms with E-state index in [1.54, 1.807) is 31.3 Å². The second-order valence-electron chi connectivity index (χ2n) is 5.50. The highest BCUT2D eigenvalue weighted by Gasteiger charge is 2.21. The number of nitriles is 1. The zero-order valence-corrected chi connectivity index (χ0v) is 15.8. The lowest BCUT2D eigenvalue weighted by Crippen LogP contribution is -2.26. The molecule has 0 heterocycles. The second-order valence-corrected chi connectivity index (χ2v) is 8.30. The van der Waals surface area contributed by atoms with E-state index in [0.29, 0.717) is 5.56 Å². The number of sulfone groups is 1. The van der Waals surface area contributed by atoms with E-state index >= 15 is 0 Å². The Hall–Kier alpha value is -2.07. The Kier molecular flexibility index (Phi) is 5.73. The third-order valence-corrected chi connectivity index (χ3v) is 5.38. The summed E-state index contributed by atoms with van der Waals surface area (Å²) in [4.78, 5) is 13.9. The van der Waals surface area contributed by atoms with Gasteiger partial charge in [0, 0.05) is 19.8 Å². The zero-order valence-electron chi connectivity index (χ0n) is 13.5. The fourth-order valence-corrected chi connectivity index (χ4v) is 3.84. The van der Waals surface area contributed by atoms with Crippen LogP contribution in [0.4, 0.5) is 0 Å². The van der Waals surface area contributed by atoms with Crippen molar-refractivity contribution >= 4 is 38.9 Å². The molecule has 0 fully saturated rings. The van der Waals surface area contributed by atoms with Gasteiger partial charge in [-0.15, -0.1) is 0 Å². The molecule has 130 valence electrons. The van der Waals surface area contributed by atoms with Crippen LogP contribution in [0.5, 0.6) is 0 Å². The molecule has 0 N–H and O–H groups in total. The maximum absolute atomic E-state index is 12.6. The first-order valence-electron chi connectivity index (χ1n) is 7.07. The lowest BCUT2D eigenvalue weighted by atomic mass is 10.1. The Morgan fingerprint density at radius 3 is 2.28 bits per heavy atom. The molecule has 0 spiro atoms. The van der Waals surface area contributed by atoms with Gasteiger partial charge in [0.05, 0.1) is 32.1 Å². The molecule has 0 radical (unpaired) electrons. The maximum atomic E-state index is 12.6. The van der Waals surface area contributed by atoms with Gasteiger partial charge in [0.1, 0.15) is 0 Å². The van der Waals surface area contributed by atoms with Gasteiger partial charge in [-0.05, 0) is 29.8 Å². The number of rotatable bonds is 4. The largest absolute Gasteiger partial charge is 0.337 e. The fourth-order valence-electron chi connectivity index (χ4n) is 2.21. The molecule has 0 unspecified atom stereocenters. The number of benzene rings is 2. The Morgan fingerprint density at radius 1 is 1.16 bits per heavy atom. The molecule has 0 saturated carbocycles. The van der Waals surface area contributed by atoms with Crippen molar-refractivity contribution in [1.29, 1.82) is 5.26 Å². The van der Waals surface area contributed by atoms with Gasteiger partial charge in [0.25, 0.3) is 5.91 Å². The van der Waals surface area contributed by atoms with Crippen LogP contribution >= 0.6 is 23.2 Å². The summed E-state index contributed by atoms with van der Waals surface area (Å²) in [6.45, 7) is 0.276. The van der Waals surface area contributed by atoms with Crippen molar-refractivity contribution in [2.45, 2.75) is 11.4 Å². The van der Waals surface area contributed by atoms with E-state index in [1.807, 2.05) is 6.07 Å². The van der Waals surface area contributed by atoms with Crippen LogP contribution in [0.1, 0.15) is 21.5 Å². The van der Waals surface area contributed by atoms with Gasteiger partial charge in [0.15, 0.2) is 9.84 Å². The van der Waals surface area contributed by atoms with E-state index in [-0.39, 0.29) is 27.0 Å². The molecule has 1 amide bonds. The van der Waals surface area contributed by atoms with Crippen LogP contribution in [0.25, 0.3) is 0 Å². The standard InChI is InChI=1S/C17H14Cl2N2O3S/c1-21(10-12-5-3-11(9-20)4-6-12)17(22)13-7-16(25(2,23)24)15(19)8-14(13)18/h3-8H,10H2,1-2H3. The van der Waals surface area contributed by atoms with Gasteiger partial charge in [-0.3, -0.25) is 4.79 Å². The zero-order chi connectivity index (χ0) is 18.8. The average Bonchev–Trinajstić information content (AvgIpc) is 2.53. The van der Waals surface area contributed by atoms with Gasteiger partial charge in [0.2, 0.25) is 0 Å².